The molecule has 0 bridgehead atoms. The number of nitrogens with zero attached hydrogens (tertiary/aromatic N) is 2. The molecule has 4 rings (SSSR count). The van der Waals surface area contributed by atoms with Crippen molar-refractivity contribution in [3.05, 3.63) is 83.5 Å². The second kappa shape index (κ2) is 10.8. The molecular weight excluding hydrogens is 441 g/mol. The van der Waals surface area contributed by atoms with Crippen LogP contribution >= 0.6 is 23.1 Å². The van der Waals surface area contributed by atoms with Crippen LogP contribution in [0.5, 0.6) is 11.5 Å². The summed E-state index contributed by atoms with van der Waals surface area (Å²) in [6, 6.07) is 18.1. The van der Waals surface area contributed by atoms with Gasteiger partial charge in [0.25, 0.3) is 0 Å². The summed E-state index contributed by atoms with van der Waals surface area (Å²) in [6.45, 7) is 1.94. The Morgan fingerprint density at radius 1 is 1.13 bits per heavy atom. The van der Waals surface area contributed by atoms with Gasteiger partial charge in [-0.2, -0.15) is 0 Å². The van der Waals surface area contributed by atoms with Crippen LogP contribution in [0.25, 0.3) is 0 Å². The quantitative estimate of drug-likeness (QED) is 0.410. The van der Waals surface area contributed by atoms with Crippen molar-refractivity contribution >= 4 is 40.0 Å². The Hall–Kier alpha value is -2.36. The largest absolute Gasteiger partial charge is 1.00 e. The van der Waals surface area contributed by atoms with Crippen LogP contribution in [-0.4, -0.2) is 21.0 Å². The third-order valence-corrected chi connectivity index (χ3v) is 5.82. The Kier molecular flexibility index (Phi) is 8.11. The third-order valence-electron chi connectivity index (χ3n) is 3.98. The Morgan fingerprint density at radius 2 is 1.87 bits per heavy atom. The monoisotopic (exact) mass is 459 g/mol. The number of para-hydroxylation sites is 1. The molecule has 2 aromatic heterocycles. The van der Waals surface area contributed by atoms with E-state index >= 15 is 0 Å². The van der Waals surface area contributed by atoms with Gasteiger partial charge in [0.15, 0.2) is 16.7 Å². The number of rotatable bonds is 7. The number of aromatic nitrogens is 2. The van der Waals surface area contributed by atoms with Crippen LogP contribution < -0.4 is 39.6 Å². The predicted octanol–water partition coefficient (Wildman–Crippen LogP) is 3.35. The van der Waals surface area contributed by atoms with E-state index in [1.54, 1.807) is 30.5 Å². The molecule has 31 heavy (non-hydrogen) atoms. The van der Waals surface area contributed by atoms with Crippen molar-refractivity contribution in [3.8, 4) is 11.5 Å². The Bertz CT molecular complexity index is 1170. The third kappa shape index (κ3) is 6.32. The number of carboxylic acids is 1. The van der Waals surface area contributed by atoms with Crippen molar-refractivity contribution in [2.24, 2.45) is 0 Å². The van der Waals surface area contributed by atoms with Gasteiger partial charge in [-0.3, -0.25) is 0 Å². The van der Waals surface area contributed by atoms with E-state index in [2.05, 4.69) is 15.3 Å². The van der Waals surface area contributed by atoms with Gasteiger partial charge in [0, 0.05) is 27.4 Å². The molecule has 0 saturated carbocycles. The molecule has 0 spiro atoms. The molecule has 0 fully saturated rings. The van der Waals surface area contributed by atoms with E-state index in [9.17, 15) is 4.79 Å². The number of nitrogens with one attached hydrogen (secondary N) is 1. The summed E-state index contributed by atoms with van der Waals surface area (Å²) in [4.78, 5) is 21.8. The summed E-state index contributed by atoms with van der Waals surface area (Å²) in [5.74, 6) is 0.894. The van der Waals surface area contributed by atoms with Gasteiger partial charge in [0.1, 0.15) is 5.75 Å². The molecule has 0 saturated heterocycles. The van der Waals surface area contributed by atoms with Gasteiger partial charge in [-0.1, -0.05) is 30.0 Å². The van der Waals surface area contributed by atoms with Gasteiger partial charge in [0.2, 0.25) is 0 Å². The molecule has 9 heteroatoms. The fourth-order valence-corrected chi connectivity index (χ4v) is 4.09. The summed E-state index contributed by atoms with van der Waals surface area (Å²) >= 11 is 2.97. The van der Waals surface area contributed by atoms with E-state index in [1.807, 2.05) is 48.7 Å². The van der Waals surface area contributed by atoms with Crippen molar-refractivity contribution < 1.29 is 45.6 Å². The van der Waals surface area contributed by atoms with Gasteiger partial charge < -0.3 is 16.6 Å². The topological polar surface area (TPSA) is 84.3 Å². The smallest absolute Gasteiger partial charge is 1.00 e. The number of ether oxygens (including phenoxy) is 1. The molecule has 0 unspecified atom stereocenters. The van der Waals surface area contributed by atoms with Gasteiger partial charge in [-0.25, -0.2) is 14.8 Å². The molecule has 0 radical (unpaired) electrons. The predicted molar refractivity (Wildman–Crippen MR) is 120 cm³/mol. The number of carbonyl (C=O) groups is 1. The van der Waals surface area contributed by atoms with Gasteiger partial charge in [0.05, 0.1) is 11.3 Å². The van der Waals surface area contributed by atoms with Crippen LogP contribution in [0.2, 0.25) is 0 Å². The van der Waals surface area contributed by atoms with Crippen LogP contribution in [-0.2, 0) is 0 Å². The molecule has 0 amide bonds. The average Bonchev–Trinajstić information content (AvgIpc) is 3.16. The first-order valence-electron chi connectivity index (χ1n) is 9.00. The number of hydrogen-bond donors (Lipinski definition) is 2. The van der Waals surface area contributed by atoms with Crippen LogP contribution in [0.3, 0.4) is 0 Å². The molecule has 2 aromatic carbocycles. The molecule has 2 heterocycles. The molecule has 0 atom stereocenters. The van der Waals surface area contributed by atoms with E-state index in [4.69, 9.17) is 9.84 Å². The van der Waals surface area contributed by atoms with Crippen molar-refractivity contribution in [1.29, 1.82) is 0 Å². The fraction of sp³-hybridized carbons (Fsp3) is 0.0455. The molecule has 0 aliphatic carbocycles. The molecule has 2 N–H and O–H groups in total. The maximum absolute atomic E-state index is 11.0. The van der Waals surface area contributed by atoms with Crippen LogP contribution in [0, 0.1) is 6.92 Å². The molecule has 152 valence electrons. The zero-order chi connectivity index (χ0) is 20.9. The summed E-state index contributed by atoms with van der Waals surface area (Å²) in [7, 11) is 0. The Balaban J connectivity index is 0.00000181. The molecule has 4 aromatic rings. The van der Waals surface area contributed by atoms with Crippen molar-refractivity contribution in [3.63, 3.8) is 0 Å². The summed E-state index contributed by atoms with van der Waals surface area (Å²) < 4.78 is 6.08. The first-order chi connectivity index (χ1) is 14.6. The van der Waals surface area contributed by atoms with E-state index < -0.39 is 5.97 Å². The minimum absolute atomic E-state index is 0. The Labute approximate surface area is 211 Å². The van der Waals surface area contributed by atoms with Crippen molar-refractivity contribution in [1.82, 2.24) is 9.97 Å². The van der Waals surface area contributed by atoms with Gasteiger partial charge >= 0.3 is 35.5 Å². The number of aromatic carboxylic acids is 1. The van der Waals surface area contributed by atoms with Gasteiger partial charge in [-0.15, -0.1) is 11.3 Å². The number of benzene rings is 2. The maximum atomic E-state index is 11.0. The Morgan fingerprint density at radius 3 is 2.52 bits per heavy atom. The maximum Gasteiger partial charge on any atom is 1.00 e. The first-order valence-corrected chi connectivity index (χ1v) is 10.7. The van der Waals surface area contributed by atoms with Crippen LogP contribution in [0.4, 0.5) is 10.9 Å². The molecule has 0 aliphatic heterocycles. The zero-order valence-electron chi connectivity index (χ0n) is 17.9. The standard InChI is InChI=1S/C22H17N3O3S2.Na.H/c1-14-13-29-22(24-14)25-20-19(28-16-5-3-2-4-6-16)11-18(12-23-20)30-17-9-7-15(8-10-17)21(26)27;;/h2-13H,1H3,(H,26,27)(H,23,24,25);;/q;+1;-1. The number of hydrogen-bond acceptors (Lipinski definition) is 7. The number of pyridine rings is 1. The van der Waals surface area contributed by atoms with E-state index in [-0.39, 0.29) is 36.5 Å². The minimum atomic E-state index is -0.945. The summed E-state index contributed by atoms with van der Waals surface area (Å²) in [5, 5.41) is 15.0. The average molecular weight is 460 g/mol. The normalized spacial score (nSPS) is 10.2. The van der Waals surface area contributed by atoms with E-state index in [1.165, 1.54) is 23.1 Å². The van der Waals surface area contributed by atoms with Crippen LogP contribution in [0.15, 0.2) is 82.0 Å². The van der Waals surface area contributed by atoms with Crippen molar-refractivity contribution in [2.45, 2.75) is 16.7 Å². The SMILES string of the molecule is Cc1csc(Nc2ncc(Sc3ccc(C(=O)O)cc3)cc2Oc2ccccc2)n1.[H-].[Na+]. The number of thiazole rings is 1. The summed E-state index contributed by atoms with van der Waals surface area (Å²) in [6.07, 6.45) is 1.75. The number of anilines is 2. The number of carboxylic acid groups (broad SMARTS) is 1. The molecule has 6 nitrogen and oxygen atoms in total. The first kappa shape index (κ1) is 23.3. The fourth-order valence-electron chi connectivity index (χ4n) is 2.58. The minimum Gasteiger partial charge on any atom is -1.00 e. The molecule has 0 aliphatic rings. The van der Waals surface area contributed by atoms with Gasteiger partial charge in [-0.05, 0) is 43.3 Å². The van der Waals surface area contributed by atoms with E-state index in [0.29, 0.717) is 17.3 Å². The zero-order valence-corrected chi connectivity index (χ0v) is 20.5. The number of aryl methyl sites for hydroxylation is 1. The second-order valence-electron chi connectivity index (χ2n) is 6.28. The van der Waals surface area contributed by atoms with Crippen LogP contribution in [0.1, 0.15) is 17.5 Å². The van der Waals surface area contributed by atoms with Crippen molar-refractivity contribution in [2.75, 3.05) is 5.32 Å². The molecular formula is C22H18N3NaO3S2. The summed E-state index contributed by atoms with van der Waals surface area (Å²) in [5.41, 5.74) is 1.19. The second-order valence-corrected chi connectivity index (χ2v) is 8.29. The van der Waals surface area contributed by atoms with E-state index in [0.717, 1.165) is 20.6 Å².